The van der Waals surface area contributed by atoms with E-state index in [1.165, 1.54) is 0 Å². The van der Waals surface area contributed by atoms with E-state index in [0.717, 1.165) is 29.3 Å². The smallest absolute Gasteiger partial charge is 0.131 e. The van der Waals surface area contributed by atoms with E-state index in [0.29, 0.717) is 5.82 Å². The summed E-state index contributed by atoms with van der Waals surface area (Å²) in [5.41, 5.74) is 8.14. The van der Waals surface area contributed by atoms with Gasteiger partial charge in [0.25, 0.3) is 0 Å². The molecule has 0 amide bonds. The molecule has 3 N–H and O–H groups in total. The van der Waals surface area contributed by atoms with Gasteiger partial charge in [-0.2, -0.15) is 5.10 Å². The van der Waals surface area contributed by atoms with Crippen LogP contribution in [0, 0.1) is 6.92 Å². The number of rotatable bonds is 5. The minimum absolute atomic E-state index is 0.0721. The molecule has 0 bridgehead atoms. The third-order valence-electron chi connectivity index (χ3n) is 3.61. The standard InChI is InChI=1S/C16H19N5O/c1-11-9-15(17)21(20-11)14(16-18-7-8-19-16)10-12-3-5-13(22-2)6-4-12/h3-9,14H,10,17H2,1-2H3,(H,18,19). The molecule has 0 aliphatic heterocycles. The second-order valence-corrected chi connectivity index (χ2v) is 5.20. The van der Waals surface area contributed by atoms with Crippen molar-refractivity contribution in [3.05, 3.63) is 59.8 Å². The Morgan fingerprint density at radius 2 is 2.09 bits per heavy atom. The number of ether oxygens (including phenoxy) is 1. The number of nitrogens with one attached hydrogen (secondary N) is 1. The molecule has 0 fully saturated rings. The summed E-state index contributed by atoms with van der Waals surface area (Å²) in [5, 5.41) is 4.50. The first-order chi connectivity index (χ1) is 10.7. The number of hydrogen-bond donors (Lipinski definition) is 2. The summed E-state index contributed by atoms with van der Waals surface area (Å²) < 4.78 is 7.02. The number of nitrogens with two attached hydrogens (primary N) is 1. The van der Waals surface area contributed by atoms with E-state index >= 15 is 0 Å². The van der Waals surface area contributed by atoms with Gasteiger partial charge in [-0.15, -0.1) is 0 Å². The van der Waals surface area contributed by atoms with Crippen molar-refractivity contribution in [2.24, 2.45) is 0 Å². The number of H-pyrrole nitrogens is 1. The summed E-state index contributed by atoms with van der Waals surface area (Å²) >= 11 is 0. The van der Waals surface area contributed by atoms with Crippen molar-refractivity contribution < 1.29 is 4.74 Å². The fourth-order valence-electron chi connectivity index (χ4n) is 2.53. The highest BCUT2D eigenvalue weighted by atomic mass is 16.5. The molecule has 1 aromatic carbocycles. The molecule has 1 atom stereocenters. The monoisotopic (exact) mass is 297 g/mol. The molecule has 6 nitrogen and oxygen atoms in total. The molecule has 114 valence electrons. The van der Waals surface area contributed by atoms with Crippen molar-refractivity contribution in [2.75, 3.05) is 12.8 Å². The highest BCUT2D eigenvalue weighted by Crippen LogP contribution is 2.24. The second kappa shape index (κ2) is 5.93. The van der Waals surface area contributed by atoms with Crippen LogP contribution in [0.4, 0.5) is 5.82 Å². The fraction of sp³-hybridized carbons (Fsp3) is 0.250. The number of aromatic nitrogens is 4. The van der Waals surface area contributed by atoms with E-state index < -0.39 is 0 Å². The Balaban J connectivity index is 1.93. The van der Waals surface area contributed by atoms with E-state index in [9.17, 15) is 0 Å². The Hall–Kier alpha value is -2.76. The zero-order valence-corrected chi connectivity index (χ0v) is 12.7. The number of anilines is 1. The van der Waals surface area contributed by atoms with Crippen molar-refractivity contribution in [1.29, 1.82) is 0 Å². The number of aryl methyl sites for hydroxylation is 1. The molecule has 2 heterocycles. The highest BCUT2D eigenvalue weighted by Gasteiger charge is 2.20. The van der Waals surface area contributed by atoms with Gasteiger partial charge in [0.05, 0.1) is 12.8 Å². The zero-order valence-electron chi connectivity index (χ0n) is 12.7. The normalized spacial score (nSPS) is 12.3. The van der Waals surface area contributed by atoms with Gasteiger partial charge in [-0.3, -0.25) is 0 Å². The van der Waals surface area contributed by atoms with Gasteiger partial charge in [-0.25, -0.2) is 9.67 Å². The predicted molar refractivity (Wildman–Crippen MR) is 84.8 cm³/mol. The van der Waals surface area contributed by atoms with Gasteiger partial charge in [0.1, 0.15) is 23.4 Å². The van der Waals surface area contributed by atoms with Crippen molar-refractivity contribution >= 4 is 5.82 Å². The van der Waals surface area contributed by atoms with Gasteiger partial charge < -0.3 is 15.5 Å². The maximum Gasteiger partial charge on any atom is 0.131 e. The summed E-state index contributed by atoms with van der Waals surface area (Å²) in [6.45, 7) is 1.93. The van der Waals surface area contributed by atoms with Gasteiger partial charge in [-0.05, 0) is 24.6 Å². The lowest BCUT2D eigenvalue weighted by molar-refractivity contribution is 0.414. The average molecular weight is 297 g/mol. The average Bonchev–Trinajstić information content (AvgIpc) is 3.15. The van der Waals surface area contributed by atoms with Crippen LogP contribution >= 0.6 is 0 Å². The molecular weight excluding hydrogens is 278 g/mol. The van der Waals surface area contributed by atoms with Gasteiger partial charge in [-0.1, -0.05) is 12.1 Å². The lowest BCUT2D eigenvalue weighted by Gasteiger charge is -2.17. The number of nitrogens with zero attached hydrogens (tertiary/aromatic N) is 3. The molecule has 3 rings (SSSR count). The van der Waals surface area contributed by atoms with Gasteiger partial charge in [0.15, 0.2) is 0 Å². The Kier molecular flexibility index (Phi) is 3.82. The molecule has 1 unspecified atom stereocenters. The van der Waals surface area contributed by atoms with E-state index in [-0.39, 0.29) is 6.04 Å². The molecule has 0 saturated heterocycles. The summed E-state index contributed by atoms with van der Waals surface area (Å²) in [6.07, 6.45) is 4.29. The number of nitrogen functional groups attached to an aromatic ring is 1. The largest absolute Gasteiger partial charge is 0.497 e. The van der Waals surface area contributed by atoms with Gasteiger partial charge in [0, 0.05) is 24.9 Å². The first kappa shape index (κ1) is 14.2. The lowest BCUT2D eigenvalue weighted by Crippen LogP contribution is -2.18. The van der Waals surface area contributed by atoms with Crippen molar-refractivity contribution in [2.45, 2.75) is 19.4 Å². The first-order valence-electron chi connectivity index (χ1n) is 7.11. The van der Waals surface area contributed by atoms with Crippen LogP contribution in [-0.4, -0.2) is 26.9 Å². The molecule has 2 aromatic heterocycles. The first-order valence-corrected chi connectivity index (χ1v) is 7.11. The van der Waals surface area contributed by atoms with Gasteiger partial charge >= 0.3 is 0 Å². The highest BCUT2D eigenvalue weighted by molar-refractivity contribution is 5.33. The molecule has 0 saturated carbocycles. The molecule has 3 aromatic rings. The fourth-order valence-corrected chi connectivity index (χ4v) is 2.53. The minimum Gasteiger partial charge on any atom is -0.497 e. The van der Waals surface area contributed by atoms with Crippen LogP contribution in [0.15, 0.2) is 42.7 Å². The molecule has 0 aliphatic carbocycles. The van der Waals surface area contributed by atoms with Gasteiger partial charge in [0.2, 0.25) is 0 Å². The Labute approximate surface area is 128 Å². The van der Waals surface area contributed by atoms with Crippen LogP contribution in [0.25, 0.3) is 0 Å². The third kappa shape index (κ3) is 2.81. The van der Waals surface area contributed by atoms with Crippen LogP contribution < -0.4 is 10.5 Å². The second-order valence-electron chi connectivity index (χ2n) is 5.20. The quantitative estimate of drug-likeness (QED) is 0.757. The molecule has 6 heteroatoms. The number of hydrogen-bond acceptors (Lipinski definition) is 4. The number of aromatic amines is 1. The predicted octanol–water partition coefficient (Wildman–Crippen LogP) is 2.34. The molecular formula is C16H19N5O. The van der Waals surface area contributed by atoms with Crippen LogP contribution in [0.2, 0.25) is 0 Å². The van der Waals surface area contributed by atoms with E-state index in [4.69, 9.17) is 10.5 Å². The van der Waals surface area contributed by atoms with Crippen molar-refractivity contribution in [3.63, 3.8) is 0 Å². The number of methoxy groups -OCH3 is 1. The van der Waals surface area contributed by atoms with Crippen LogP contribution in [0.3, 0.4) is 0 Å². The van der Waals surface area contributed by atoms with E-state index in [1.807, 2.05) is 48.1 Å². The van der Waals surface area contributed by atoms with Crippen LogP contribution in [0.1, 0.15) is 23.1 Å². The Morgan fingerprint density at radius 1 is 1.32 bits per heavy atom. The lowest BCUT2D eigenvalue weighted by atomic mass is 10.1. The topological polar surface area (TPSA) is 81.8 Å². The molecule has 0 radical (unpaired) electrons. The summed E-state index contributed by atoms with van der Waals surface area (Å²) in [5.74, 6) is 2.31. The van der Waals surface area contributed by atoms with Crippen LogP contribution in [0.5, 0.6) is 5.75 Å². The van der Waals surface area contributed by atoms with Crippen molar-refractivity contribution in [3.8, 4) is 5.75 Å². The SMILES string of the molecule is COc1ccc(CC(c2ncc[nH]2)n2nc(C)cc2N)cc1. The summed E-state index contributed by atoms with van der Waals surface area (Å²) in [6, 6.07) is 9.78. The number of imidazole rings is 1. The summed E-state index contributed by atoms with van der Waals surface area (Å²) in [4.78, 5) is 7.54. The molecule has 22 heavy (non-hydrogen) atoms. The van der Waals surface area contributed by atoms with Crippen molar-refractivity contribution in [1.82, 2.24) is 19.7 Å². The minimum atomic E-state index is -0.0721. The maximum absolute atomic E-state index is 6.09. The Morgan fingerprint density at radius 3 is 2.64 bits per heavy atom. The van der Waals surface area contributed by atoms with Crippen LogP contribution in [-0.2, 0) is 6.42 Å². The van der Waals surface area contributed by atoms with E-state index in [1.54, 1.807) is 13.3 Å². The Bertz CT molecular complexity index is 730. The zero-order chi connectivity index (χ0) is 15.5. The van der Waals surface area contributed by atoms with E-state index in [2.05, 4.69) is 15.1 Å². The third-order valence-corrected chi connectivity index (χ3v) is 3.61. The molecule has 0 aliphatic rings. The molecule has 0 spiro atoms. The summed E-state index contributed by atoms with van der Waals surface area (Å²) in [7, 11) is 1.66. The maximum atomic E-state index is 6.09. The number of benzene rings is 1.